The molecule has 2 rings (SSSR count). The molecule has 1 fully saturated rings. The molecule has 3 nitrogen and oxygen atoms in total. The lowest BCUT2D eigenvalue weighted by Crippen LogP contribution is -2.39. The minimum absolute atomic E-state index is 0.158. The van der Waals surface area contributed by atoms with Crippen molar-refractivity contribution in [1.29, 1.82) is 0 Å². The molecule has 1 unspecified atom stereocenters. The maximum Gasteiger partial charge on any atom is 0.416 e. The van der Waals surface area contributed by atoms with E-state index in [-0.39, 0.29) is 16.7 Å². The van der Waals surface area contributed by atoms with Gasteiger partial charge in [-0.3, -0.25) is 0 Å². The van der Waals surface area contributed by atoms with Crippen LogP contribution in [0.3, 0.4) is 0 Å². The van der Waals surface area contributed by atoms with E-state index in [0.717, 1.165) is 37.9 Å². The van der Waals surface area contributed by atoms with Crippen LogP contribution in [0.5, 0.6) is 0 Å². The highest BCUT2D eigenvalue weighted by molar-refractivity contribution is 7.91. The van der Waals surface area contributed by atoms with E-state index in [1.165, 1.54) is 6.07 Å². The molecule has 0 radical (unpaired) electrons. The van der Waals surface area contributed by atoms with Crippen LogP contribution in [0.2, 0.25) is 0 Å². The van der Waals surface area contributed by atoms with E-state index < -0.39 is 21.6 Å². The summed E-state index contributed by atoms with van der Waals surface area (Å²) < 4.78 is 62.2. The molecule has 1 aliphatic rings. The molecule has 1 aromatic rings. The number of benzene rings is 1. The van der Waals surface area contributed by atoms with Gasteiger partial charge in [0, 0.05) is 6.04 Å². The van der Waals surface area contributed by atoms with Crippen LogP contribution in [0.4, 0.5) is 13.2 Å². The Morgan fingerprint density at radius 3 is 2.60 bits per heavy atom. The van der Waals surface area contributed by atoms with Crippen molar-refractivity contribution in [2.24, 2.45) is 0 Å². The summed E-state index contributed by atoms with van der Waals surface area (Å²) in [6, 6.07) is 3.75. The van der Waals surface area contributed by atoms with Crippen LogP contribution in [0.15, 0.2) is 29.2 Å². The summed E-state index contributed by atoms with van der Waals surface area (Å²) in [5, 5.41) is 3.09. The van der Waals surface area contributed by atoms with Crippen LogP contribution in [0.25, 0.3) is 0 Å². The fourth-order valence-corrected chi connectivity index (χ4v) is 3.89. The standard InChI is InChI=1S/C13H16F3NO2S/c14-13(15,16)10-4-3-6-12(8-10)20(18,19)9-11-5-1-2-7-17-11/h3-4,6,8,11,17H,1-2,5,7,9H2. The zero-order chi connectivity index (χ0) is 14.8. The van der Waals surface area contributed by atoms with Gasteiger partial charge in [0.05, 0.1) is 16.2 Å². The number of rotatable bonds is 3. The van der Waals surface area contributed by atoms with Gasteiger partial charge in [0.2, 0.25) is 0 Å². The number of hydrogen-bond acceptors (Lipinski definition) is 3. The molecule has 112 valence electrons. The second-order valence-electron chi connectivity index (χ2n) is 4.95. The first-order valence-electron chi connectivity index (χ1n) is 6.42. The first kappa shape index (κ1) is 15.3. The van der Waals surface area contributed by atoms with Crippen molar-refractivity contribution in [3.63, 3.8) is 0 Å². The minimum atomic E-state index is -4.53. The Bertz CT molecular complexity index is 563. The molecule has 1 atom stereocenters. The predicted octanol–water partition coefficient (Wildman–Crippen LogP) is 2.62. The topological polar surface area (TPSA) is 46.2 Å². The maximum atomic E-state index is 12.6. The molecule has 1 N–H and O–H groups in total. The van der Waals surface area contributed by atoms with Gasteiger partial charge in [0.25, 0.3) is 0 Å². The first-order valence-corrected chi connectivity index (χ1v) is 8.08. The number of hydrogen-bond donors (Lipinski definition) is 1. The van der Waals surface area contributed by atoms with Crippen molar-refractivity contribution < 1.29 is 21.6 Å². The lowest BCUT2D eigenvalue weighted by atomic mass is 10.1. The summed E-state index contributed by atoms with van der Waals surface area (Å²) in [5.74, 6) is -0.158. The van der Waals surface area contributed by atoms with E-state index in [0.29, 0.717) is 6.07 Å². The third kappa shape index (κ3) is 3.73. The van der Waals surface area contributed by atoms with Crippen molar-refractivity contribution in [3.05, 3.63) is 29.8 Å². The zero-order valence-electron chi connectivity index (χ0n) is 10.8. The Hall–Kier alpha value is -1.08. The maximum absolute atomic E-state index is 12.6. The molecule has 7 heteroatoms. The van der Waals surface area contributed by atoms with Gasteiger partial charge in [0.15, 0.2) is 9.84 Å². The summed E-state index contributed by atoms with van der Waals surface area (Å²) in [6.07, 6.45) is -1.86. The Morgan fingerprint density at radius 2 is 2.00 bits per heavy atom. The second-order valence-corrected chi connectivity index (χ2v) is 6.99. The fourth-order valence-electron chi connectivity index (χ4n) is 2.29. The molecule has 1 saturated heterocycles. The summed E-state index contributed by atoms with van der Waals surface area (Å²) in [7, 11) is -3.71. The van der Waals surface area contributed by atoms with Crippen LogP contribution in [0, 0.1) is 0 Å². The highest BCUT2D eigenvalue weighted by Crippen LogP contribution is 2.30. The third-order valence-electron chi connectivity index (χ3n) is 3.35. The average molecular weight is 307 g/mol. The second kappa shape index (κ2) is 5.73. The van der Waals surface area contributed by atoms with Gasteiger partial charge in [-0.05, 0) is 37.6 Å². The van der Waals surface area contributed by atoms with Crippen molar-refractivity contribution in [1.82, 2.24) is 5.32 Å². The van der Waals surface area contributed by atoms with Crippen molar-refractivity contribution >= 4 is 9.84 Å². The van der Waals surface area contributed by atoms with Gasteiger partial charge in [0.1, 0.15) is 0 Å². The molecule has 0 amide bonds. The molecular weight excluding hydrogens is 291 g/mol. The first-order chi connectivity index (χ1) is 9.29. The third-order valence-corrected chi connectivity index (χ3v) is 5.17. The van der Waals surface area contributed by atoms with Gasteiger partial charge < -0.3 is 5.32 Å². The van der Waals surface area contributed by atoms with Gasteiger partial charge in [-0.1, -0.05) is 12.5 Å². The number of sulfone groups is 1. The SMILES string of the molecule is O=S(=O)(CC1CCCCN1)c1cccc(C(F)(F)F)c1. The van der Waals surface area contributed by atoms with E-state index in [2.05, 4.69) is 5.32 Å². The fraction of sp³-hybridized carbons (Fsp3) is 0.538. The lowest BCUT2D eigenvalue weighted by molar-refractivity contribution is -0.137. The van der Waals surface area contributed by atoms with Crippen LogP contribution in [-0.2, 0) is 16.0 Å². The number of halogens is 3. The summed E-state index contributed by atoms with van der Waals surface area (Å²) in [6.45, 7) is 0.753. The van der Waals surface area contributed by atoms with Gasteiger partial charge in [-0.2, -0.15) is 13.2 Å². The molecule has 1 heterocycles. The van der Waals surface area contributed by atoms with E-state index in [4.69, 9.17) is 0 Å². The molecule has 0 spiro atoms. The van der Waals surface area contributed by atoms with Crippen molar-refractivity contribution in [3.8, 4) is 0 Å². The highest BCUT2D eigenvalue weighted by Gasteiger charge is 2.32. The predicted molar refractivity (Wildman–Crippen MR) is 69.1 cm³/mol. The monoisotopic (exact) mass is 307 g/mol. The molecule has 1 aliphatic heterocycles. The molecule has 1 aromatic carbocycles. The summed E-state index contributed by atoms with van der Waals surface area (Å²) in [5.41, 5.74) is -0.935. The Labute approximate surface area is 116 Å². The van der Waals surface area contributed by atoms with E-state index in [9.17, 15) is 21.6 Å². The van der Waals surface area contributed by atoms with Crippen LogP contribution in [0.1, 0.15) is 24.8 Å². The quantitative estimate of drug-likeness (QED) is 0.934. The average Bonchev–Trinajstić information content (AvgIpc) is 2.38. The summed E-state index contributed by atoms with van der Waals surface area (Å²) >= 11 is 0. The number of nitrogens with one attached hydrogen (secondary N) is 1. The molecule has 20 heavy (non-hydrogen) atoms. The number of alkyl halides is 3. The zero-order valence-corrected chi connectivity index (χ0v) is 11.6. The van der Waals surface area contributed by atoms with E-state index in [1.807, 2.05) is 0 Å². The van der Waals surface area contributed by atoms with Gasteiger partial charge in [-0.15, -0.1) is 0 Å². The largest absolute Gasteiger partial charge is 0.416 e. The van der Waals surface area contributed by atoms with Gasteiger partial charge >= 0.3 is 6.18 Å². The molecule has 0 aliphatic carbocycles. The molecule has 0 bridgehead atoms. The van der Waals surface area contributed by atoms with E-state index in [1.54, 1.807) is 0 Å². The van der Waals surface area contributed by atoms with Crippen molar-refractivity contribution in [2.45, 2.75) is 36.4 Å². The number of piperidine rings is 1. The molecule has 0 aromatic heterocycles. The van der Waals surface area contributed by atoms with E-state index >= 15 is 0 Å². The lowest BCUT2D eigenvalue weighted by Gasteiger charge is -2.23. The Balaban J connectivity index is 2.20. The summed E-state index contributed by atoms with van der Waals surface area (Å²) in [4.78, 5) is -0.264. The van der Waals surface area contributed by atoms with Crippen LogP contribution < -0.4 is 5.32 Å². The van der Waals surface area contributed by atoms with Crippen LogP contribution in [-0.4, -0.2) is 26.8 Å². The van der Waals surface area contributed by atoms with Crippen molar-refractivity contribution in [2.75, 3.05) is 12.3 Å². The smallest absolute Gasteiger partial charge is 0.313 e. The highest BCUT2D eigenvalue weighted by atomic mass is 32.2. The van der Waals surface area contributed by atoms with Crippen LogP contribution >= 0.6 is 0 Å². The molecular formula is C13H16F3NO2S. The Kier molecular flexibility index (Phi) is 4.39. The Morgan fingerprint density at radius 1 is 1.25 bits per heavy atom. The minimum Gasteiger partial charge on any atom is -0.313 e. The van der Waals surface area contributed by atoms with Gasteiger partial charge in [-0.25, -0.2) is 8.42 Å². The normalized spacial score (nSPS) is 20.9. The molecule has 0 saturated carbocycles.